The molecule has 4 heteroatoms. The van der Waals surface area contributed by atoms with Crippen molar-refractivity contribution in [1.29, 1.82) is 0 Å². The Balaban J connectivity index is 1.91. The highest BCUT2D eigenvalue weighted by Crippen LogP contribution is 2.32. The molecule has 1 N–H and O–H groups in total. The Morgan fingerprint density at radius 2 is 1.91 bits per heavy atom. The molecule has 0 fully saturated rings. The maximum Gasteiger partial charge on any atom is 0.220 e. The van der Waals surface area contributed by atoms with E-state index in [1.807, 2.05) is 42.5 Å². The number of fused-ring (bicyclic) bond motifs is 1. The molecule has 1 amide bonds. The maximum absolute atomic E-state index is 11.5. The third-order valence-corrected chi connectivity index (χ3v) is 4.15. The number of hydrogen-bond donors (Lipinski definition) is 1. The van der Waals surface area contributed by atoms with Gasteiger partial charge in [0.1, 0.15) is 11.9 Å². The number of rotatable bonds is 3. The standard InChI is InChI=1S/C18H19NO3/c1-12(20)19-10-14-8-7-13(9-15(14)11-19)18(21)16-5-3-4-6-17(16)22-2/h3-9,18,21H,10-11H2,1-2H3. The molecular weight excluding hydrogens is 278 g/mol. The van der Waals surface area contributed by atoms with Crippen LogP contribution < -0.4 is 4.74 Å². The number of ether oxygens (including phenoxy) is 1. The number of aliphatic hydroxyl groups is 1. The second-order valence-electron chi connectivity index (χ2n) is 5.55. The molecule has 3 rings (SSSR count). The van der Waals surface area contributed by atoms with Crippen molar-refractivity contribution in [2.24, 2.45) is 0 Å². The molecule has 2 aromatic carbocycles. The summed E-state index contributed by atoms with van der Waals surface area (Å²) in [6, 6.07) is 13.3. The molecular formula is C18H19NO3. The zero-order valence-corrected chi connectivity index (χ0v) is 12.7. The summed E-state index contributed by atoms with van der Waals surface area (Å²) in [4.78, 5) is 13.3. The predicted molar refractivity (Wildman–Crippen MR) is 83.4 cm³/mol. The fourth-order valence-corrected chi connectivity index (χ4v) is 2.88. The van der Waals surface area contributed by atoms with Crippen LogP contribution in [0.4, 0.5) is 0 Å². The number of aliphatic hydroxyl groups excluding tert-OH is 1. The Morgan fingerprint density at radius 1 is 1.18 bits per heavy atom. The molecule has 1 unspecified atom stereocenters. The number of para-hydroxylation sites is 1. The van der Waals surface area contributed by atoms with Crippen LogP contribution in [0.1, 0.15) is 35.3 Å². The number of hydrogen-bond acceptors (Lipinski definition) is 3. The van der Waals surface area contributed by atoms with E-state index in [0.29, 0.717) is 18.8 Å². The quantitative estimate of drug-likeness (QED) is 0.947. The molecule has 2 aromatic rings. The van der Waals surface area contributed by atoms with Gasteiger partial charge >= 0.3 is 0 Å². The summed E-state index contributed by atoms with van der Waals surface area (Å²) in [5.74, 6) is 0.740. The minimum Gasteiger partial charge on any atom is -0.496 e. The van der Waals surface area contributed by atoms with Crippen molar-refractivity contribution in [2.75, 3.05) is 7.11 Å². The fourth-order valence-electron chi connectivity index (χ4n) is 2.88. The first-order valence-corrected chi connectivity index (χ1v) is 7.28. The van der Waals surface area contributed by atoms with E-state index in [1.54, 1.807) is 18.9 Å². The second-order valence-corrected chi connectivity index (χ2v) is 5.55. The molecule has 0 aromatic heterocycles. The normalized spacial score (nSPS) is 14.6. The molecule has 4 nitrogen and oxygen atoms in total. The summed E-state index contributed by atoms with van der Waals surface area (Å²) in [5.41, 5.74) is 3.80. The van der Waals surface area contributed by atoms with Crippen molar-refractivity contribution < 1.29 is 14.6 Å². The van der Waals surface area contributed by atoms with Crippen molar-refractivity contribution in [1.82, 2.24) is 4.90 Å². The van der Waals surface area contributed by atoms with Gasteiger partial charge < -0.3 is 14.7 Å². The molecule has 0 aliphatic carbocycles. The number of benzene rings is 2. The number of carbonyl (C=O) groups is 1. The van der Waals surface area contributed by atoms with Crippen LogP contribution >= 0.6 is 0 Å². The highest BCUT2D eigenvalue weighted by Gasteiger charge is 2.23. The summed E-state index contributed by atoms with van der Waals surface area (Å²) >= 11 is 0. The maximum atomic E-state index is 11.5. The van der Waals surface area contributed by atoms with Crippen molar-refractivity contribution in [3.8, 4) is 5.75 Å². The van der Waals surface area contributed by atoms with E-state index in [9.17, 15) is 9.90 Å². The van der Waals surface area contributed by atoms with Gasteiger partial charge in [0.15, 0.2) is 0 Å². The smallest absolute Gasteiger partial charge is 0.220 e. The van der Waals surface area contributed by atoms with E-state index in [1.165, 1.54) is 0 Å². The van der Waals surface area contributed by atoms with Gasteiger partial charge in [0.2, 0.25) is 5.91 Å². The minimum atomic E-state index is -0.743. The minimum absolute atomic E-state index is 0.0722. The average molecular weight is 297 g/mol. The molecule has 1 aliphatic rings. The van der Waals surface area contributed by atoms with E-state index in [2.05, 4.69) is 0 Å². The van der Waals surface area contributed by atoms with Crippen LogP contribution in [0.15, 0.2) is 42.5 Å². The Hall–Kier alpha value is -2.33. The predicted octanol–water partition coefficient (Wildman–Crippen LogP) is 2.64. The number of carbonyl (C=O) groups excluding carboxylic acids is 1. The van der Waals surface area contributed by atoms with E-state index < -0.39 is 6.10 Å². The Morgan fingerprint density at radius 3 is 2.64 bits per heavy atom. The molecule has 22 heavy (non-hydrogen) atoms. The first-order chi connectivity index (χ1) is 10.6. The average Bonchev–Trinajstić information content (AvgIpc) is 2.97. The number of nitrogens with zero attached hydrogens (tertiary/aromatic N) is 1. The molecule has 1 heterocycles. The zero-order valence-electron chi connectivity index (χ0n) is 12.7. The lowest BCUT2D eigenvalue weighted by atomic mass is 9.97. The van der Waals surface area contributed by atoms with Crippen LogP contribution in [-0.2, 0) is 17.9 Å². The Bertz CT molecular complexity index is 711. The van der Waals surface area contributed by atoms with E-state index in [0.717, 1.165) is 22.3 Å². The molecule has 0 radical (unpaired) electrons. The van der Waals surface area contributed by atoms with Crippen LogP contribution in [0.5, 0.6) is 5.75 Å². The first kappa shape index (κ1) is 14.6. The van der Waals surface area contributed by atoms with Gasteiger partial charge in [-0.15, -0.1) is 0 Å². The monoisotopic (exact) mass is 297 g/mol. The van der Waals surface area contributed by atoms with Gasteiger partial charge in [-0.1, -0.05) is 36.4 Å². The fraction of sp³-hybridized carbons (Fsp3) is 0.278. The van der Waals surface area contributed by atoms with Gasteiger partial charge in [0.25, 0.3) is 0 Å². The lowest BCUT2D eigenvalue weighted by Crippen LogP contribution is -2.21. The van der Waals surface area contributed by atoms with Gasteiger partial charge in [0.05, 0.1) is 7.11 Å². The van der Waals surface area contributed by atoms with E-state index in [-0.39, 0.29) is 5.91 Å². The largest absolute Gasteiger partial charge is 0.496 e. The molecule has 0 saturated heterocycles. The lowest BCUT2D eigenvalue weighted by Gasteiger charge is -2.16. The van der Waals surface area contributed by atoms with Crippen LogP contribution in [0, 0.1) is 0 Å². The van der Waals surface area contributed by atoms with Gasteiger partial charge in [-0.05, 0) is 22.8 Å². The van der Waals surface area contributed by atoms with E-state index >= 15 is 0 Å². The Kier molecular flexibility index (Phi) is 3.86. The zero-order chi connectivity index (χ0) is 15.7. The van der Waals surface area contributed by atoms with Crippen molar-refractivity contribution in [2.45, 2.75) is 26.1 Å². The molecule has 114 valence electrons. The highest BCUT2D eigenvalue weighted by atomic mass is 16.5. The molecule has 0 spiro atoms. The summed E-state index contributed by atoms with van der Waals surface area (Å²) in [5, 5.41) is 10.6. The molecule has 0 saturated carbocycles. The van der Waals surface area contributed by atoms with E-state index in [4.69, 9.17) is 4.74 Å². The van der Waals surface area contributed by atoms with Crippen LogP contribution in [0.2, 0.25) is 0 Å². The topological polar surface area (TPSA) is 49.8 Å². The van der Waals surface area contributed by atoms with Crippen molar-refractivity contribution in [3.05, 3.63) is 64.7 Å². The van der Waals surface area contributed by atoms with Crippen molar-refractivity contribution >= 4 is 5.91 Å². The second kappa shape index (κ2) is 5.81. The molecule has 1 aliphatic heterocycles. The third kappa shape index (κ3) is 2.57. The number of amides is 1. The van der Waals surface area contributed by atoms with Gasteiger partial charge in [-0.2, -0.15) is 0 Å². The van der Waals surface area contributed by atoms with Crippen LogP contribution in [0.3, 0.4) is 0 Å². The van der Waals surface area contributed by atoms with Gasteiger partial charge in [-0.3, -0.25) is 4.79 Å². The molecule has 1 atom stereocenters. The lowest BCUT2D eigenvalue weighted by molar-refractivity contribution is -0.129. The SMILES string of the molecule is COc1ccccc1C(O)c1ccc2c(c1)CN(C(C)=O)C2. The van der Waals surface area contributed by atoms with Crippen LogP contribution in [-0.4, -0.2) is 23.0 Å². The highest BCUT2D eigenvalue weighted by molar-refractivity contribution is 5.74. The first-order valence-electron chi connectivity index (χ1n) is 7.28. The molecule has 0 bridgehead atoms. The summed E-state index contributed by atoms with van der Waals surface area (Å²) in [6.07, 6.45) is -0.743. The summed E-state index contributed by atoms with van der Waals surface area (Å²) in [6.45, 7) is 2.84. The third-order valence-electron chi connectivity index (χ3n) is 4.15. The summed E-state index contributed by atoms with van der Waals surface area (Å²) < 4.78 is 5.32. The van der Waals surface area contributed by atoms with Crippen LogP contribution in [0.25, 0.3) is 0 Å². The number of methoxy groups -OCH3 is 1. The van der Waals surface area contributed by atoms with Crippen molar-refractivity contribution in [3.63, 3.8) is 0 Å². The van der Waals surface area contributed by atoms with Gasteiger partial charge in [0, 0.05) is 25.6 Å². The Labute approximate surface area is 130 Å². The summed E-state index contributed by atoms with van der Waals surface area (Å²) in [7, 11) is 1.60. The van der Waals surface area contributed by atoms with Gasteiger partial charge in [-0.25, -0.2) is 0 Å².